The quantitative estimate of drug-likeness (QED) is 0.265. The van der Waals surface area contributed by atoms with E-state index in [-0.39, 0.29) is 0 Å². The van der Waals surface area contributed by atoms with Crippen molar-refractivity contribution in [1.29, 1.82) is 0 Å². The van der Waals surface area contributed by atoms with Crippen molar-refractivity contribution in [3.63, 3.8) is 0 Å². The Morgan fingerprint density at radius 1 is 1.33 bits per heavy atom. The summed E-state index contributed by atoms with van der Waals surface area (Å²) in [6, 6.07) is -1.26. The van der Waals surface area contributed by atoms with Gasteiger partial charge in [0.15, 0.2) is 0 Å². The fourth-order valence-electron chi connectivity index (χ4n) is 2.44. The molecule has 0 aliphatic carbocycles. The van der Waals surface area contributed by atoms with Crippen LogP contribution in [-0.4, -0.2) is 86.2 Å². The van der Waals surface area contributed by atoms with E-state index in [4.69, 9.17) is 19.7 Å². The largest absolute Gasteiger partial charge is 0.477 e. The Bertz CT molecular complexity index is 497. The van der Waals surface area contributed by atoms with Crippen molar-refractivity contribution in [2.24, 2.45) is 0 Å². The lowest BCUT2D eigenvalue weighted by atomic mass is 9.88. The first-order valence-electron chi connectivity index (χ1n) is 7.06. The molecule has 0 aromatic carbocycles. The third-order valence-corrected chi connectivity index (χ3v) is 3.50. The first-order chi connectivity index (χ1) is 11.0. The zero-order valence-corrected chi connectivity index (χ0v) is 13.1. The highest BCUT2D eigenvalue weighted by molar-refractivity contribution is 5.76. The molecule has 1 heterocycles. The van der Waals surface area contributed by atoms with Crippen LogP contribution < -0.4 is 5.32 Å². The van der Waals surface area contributed by atoms with Gasteiger partial charge in [0.2, 0.25) is 5.91 Å². The van der Waals surface area contributed by atoms with Crippen LogP contribution in [0.3, 0.4) is 0 Å². The summed E-state index contributed by atoms with van der Waals surface area (Å²) in [5.41, 5.74) is 0. The van der Waals surface area contributed by atoms with E-state index in [9.17, 15) is 29.7 Å². The standard InChI is InChI=1S/C13H21NO10/c1-5(16)14-9-8(23-6(2)17)3-13(22,12(20)21)24-11(9)10(19)7(18)4-15/h7-11,15,18-19,22H,3-4H2,1-2H3,(H,14,16)(H,20,21)/t7-,8+,9-,10-,11?,13+/m1/s1. The van der Waals surface area contributed by atoms with Crippen molar-refractivity contribution in [3.8, 4) is 0 Å². The van der Waals surface area contributed by atoms with Crippen molar-refractivity contribution < 1.29 is 49.4 Å². The Morgan fingerprint density at radius 2 is 1.92 bits per heavy atom. The fourth-order valence-corrected chi connectivity index (χ4v) is 2.44. The van der Waals surface area contributed by atoms with Crippen LogP contribution in [0.15, 0.2) is 0 Å². The highest BCUT2D eigenvalue weighted by Crippen LogP contribution is 2.32. The zero-order valence-electron chi connectivity index (χ0n) is 13.1. The van der Waals surface area contributed by atoms with Crippen LogP contribution in [0.1, 0.15) is 20.3 Å². The smallest absolute Gasteiger partial charge is 0.364 e. The summed E-state index contributed by atoms with van der Waals surface area (Å²) in [7, 11) is 0. The van der Waals surface area contributed by atoms with Gasteiger partial charge in [-0.3, -0.25) is 9.59 Å². The molecule has 1 fully saturated rings. The van der Waals surface area contributed by atoms with Gasteiger partial charge in [0, 0.05) is 13.8 Å². The Hall–Kier alpha value is -1.79. The maximum Gasteiger partial charge on any atom is 0.364 e. The van der Waals surface area contributed by atoms with Crippen molar-refractivity contribution >= 4 is 17.8 Å². The Balaban J connectivity index is 3.25. The van der Waals surface area contributed by atoms with E-state index in [1.807, 2.05) is 0 Å². The average Bonchev–Trinajstić information content (AvgIpc) is 2.47. The molecule has 0 spiro atoms. The number of carbonyl (C=O) groups excluding carboxylic acids is 2. The summed E-state index contributed by atoms with van der Waals surface area (Å²) in [6.07, 6.45) is -7.37. The molecule has 11 nitrogen and oxygen atoms in total. The normalized spacial score (nSPS) is 32.5. The van der Waals surface area contributed by atoms with E-state index in [0.717, 1.165) is 13.8 Å². The third-order valence-electron chi connectivity index (χ3n) is 3.50. The Labute approximate surface area is 136 Å². The summed E-state index contributed by atoms with van der Waals surface area (Å²) >= 11 is 0. The minimum atomic E-state index is -2.82. The van der Waals surface area contributed by atoms with Gasteiger partial charge in [-0.1, -0.05) is 0 Å². The van der Waals surface area contributed by atoms with Crippen molar-refractivity contribution in [1.82, 2.24) is 5.32 Å². The van der Waals surface area contributed by atoms with Crippen LogP contribution in [0.25, 0.3) is 0 Å². The molecule has 0 aromatic heterocycles. The Morgan fingerprint density at radius 3 is 2.33 bits per heavy atom. The van der Waals surface area contributed by atoms with Gasteiger partial charge in [0.25, 0.3) is 5.79 Å². The van der Waals surface area contributed by atoms with E-state index < -0.39 is 67.1 Å². The monoisotopic (exact) mass is 351 g/mol. The second kappa shape index (κ2) is 7.85. The van der Waals surface area contributed by atoms with Crippen LogP contribution in [0.2, 0.25) is 0 Å². The number of rotatable bonds is 6. The van der Waals surface area contributed by atoms with E-state index in [0.29, 0.717) is 0 Å². The van der Waals surface area contributed by atoms with Crippen LogP contribution in [0.4, 0.5) is 0 Å². The molecule has 1 unspecified atom stereocenters. The van der Waals surface area contributed by atoms with Gasteiger partial charge in [-0.25, -0.2) is 4.79 Å². The molecule has 0 aromatic rings. The molecule has 24 heavy (non-hydrogen) atoms. The van der Waals surface area contributed by atoms with Gasteiger partial charge < -0.3 is 40.3 Å². The maximum atomic E-state index is 11.4. The van der Waals surface area contributed by atoms with Gasteiger partial charge >= 0.3 is 11.9 Å². The lowest BCUT2D eigenvalue weighted by Crippen LogP contribution is -2.67. The number of hydrogen-bond donors (Lipinski definition) is 6. The summed E-state index contributed by atoms with van der Waals surface area (Å²) in [5, 5.41) is 50.1. The molecule has 1 amide bonds. The number of nitrogens with one attached hydrogen (secondary N) is 1. The van der Waals surface area contributed by atoms with Gasteiger partial charge in [-0.2, -0.15) is 0 Å². The first kappa shape index (κ1) is 20.3. The number of carboxylic acids is 1. The average molecular weight is 351 g/mol. The lowest BCUT2D eigenvalue weighted by molar-refractivity contribution is -0.296. The topological polar surface area (TPSA) is 183 Å². The van der Waals surface area contributed by atoms with E-state index in [1.165, 1.54) is 0 Å². The number of hydrogen-bond acceptors (Lipinski definition) is 9. The summed E-state index contributed by atoms with van der Waals surface area (Å²) < 4.78 is 9.91. The molecule has 0 bridgehead atoms. The number of esters is 1. The van der Waals surface area contributed by atoms with Crippen LogP contribution in [0.5, 0.6) is 0 Å². The molecular formula is C13H21NO10. The molecular weight excluding hydrogens is 330 g/mol. The zero-order chi connectivity index (χ0) is 18.7. The Kier molecular flexibility index (Phi) is 6.63. The highest BCUT2D eigenvalue weighted by Gasteiger charge is 2.55. The van der Waals surface area contributed by atoms with Crippen LogP contribution >= 0.6 is 0 Å². The summed E-state index contributed by atoms with van der Waals surface area (Å²) in [5.74, 6) is -6.06. The minimum absolute atomic E-state index is 0.614. The molecule has 11 heteroatoms. The number of carbonyl (C=O) groups is 3. The maximum absolute atomic E-state index is 11.4. The van der Waals surface area contributed by atoms with Crippen molar-refractivity contribution in [2.75, 3.05) is 6.61 Å². The number of ether oxygens (including phenoxy) is 2. The molecule has 1 aliphatic rings. The molecule has 1 saturated heterocycles. The minimum Gasteiger partial charge on any atom is -0.477 e. The van der Waals surface area contributed by atoms with Gasteiger partial charge in [0.1, 0.15) is 24.4 Å². The number of aliphatic hydroxyl groups excluding tert-OH is 3. The lowest BCUT2D eigenvalue weighted by Gasteiger charge is -2.45. The molecule has 0 radical (unpaired) electrons. The van der Waals surface area contributed by atoms with Gasteiger partial charge in [-0.05, 0) is 0 Å². The summed E-state index contributed by atoms with van der Waals surface area (Å²) in [4.78, 5) is 33.8. The van der Waals surface area contributed by atoms with Crippen LogP contribution in [0, 0.1) is 0 Å². The van der Waals surface area contributed by atoms with E-state index in [1.54, 1.807) is 0 Å². The molecule has 6 atom stereocenters. The summed E-state index contributed by atoms with van der Waals surface area (Å²) in [6.45, 7) is 1.26. The van der Waals surface area contributed by atoms with Crippen molar-refractivity contribution in [2.45, 2.75) is 56.5 Å². The third kappa shape index (κ3) is 4.61. The highest BCUT2D eigenvalue weighted by atomic mass is 16.7. The first-order valence-corrected chi connectivity index (χ1v) is 7.06. The second-order valence-electron chi connectivity index (χ2n) is 5.49. The molecule has 1 aliphatic heterocycles. The fraction of sp³-hybridized carbons (Fsp3) is 0.769. The SMILES string of the molecule is CC(=O)N[C@H]1C([C@H](O)[C@H](O)CO)O[C@](O)(C(=O)O)C[C@@H]1OC(C)=O. The van der Waals surface area contributed by atoms with Crippen LogP contribution in [-0.2, 0) is 23.9 Å². The van der Waals surface area contributed by atoms with E-state index >= 15 is 0 Å². The number of aliphatic carboxylic acids is 1. The molecule has 6 N–H and O–H groups in total. The number of carboxylic acid groups (broad SMARTS) is 1. The predicted molar refractivity (Wildman–Crippen MR) is 74.3 cm³/mol. The molecule has 1 rings (SSSR count). The molecule has 0 saturated carbocycles. The second-order valence-corrected chi connectivity index (χ2v) is 5.49. The van der Waals surface area contributed by atoms with Crippen molar-refractivity contribution in [3.05, 3.63) is 0 Å². The van der Waals surface area contributed by atoms with Gasteiger partial charge in [-0.15, -0.1) is 0 Å². The van der Waals surface area contributed by atoms with Gasteiger partial charge in [0.05, 0.1) is 19.1 Å². The predicted octanol–water partition coefficient (Wildman–Crippen LogP) is -3.30. The molecule has 138 valence electrons. The van der Waals surface area contributed by atoms with E-state index in [2.05, 4.69) is 5.32 Å². The number of aliphatic hydroxyl groups is 4. The number of amides is 1.